The van der Waals surface area contributed by atoms with Crippen LogP contribution in [-0.2, 0) is 0 Å². The lowest BCUT2D eigenvalue weighted by Gasteiger charge is -2.04. The molecule has 0 fully saturated rings. The van der Waals surface area contributed by atoms with Gasteiger partial charge in [-0.05, 0) is 52.2 Å². The standard InChI is InChI=1S/C17H14/c1-3-13-5-7-15-10-16-8-12(2)4-6-14(16)11-17(15)9-13/h3-11H,1H2,2H3. The largest absolute Gasteiger partial charge is 0.0985 e. The zero-order valence-corrected chi connectivity index (χ0v) is 9.90. The molecule has 0 unspecified atom stereocenters. The number of hydrogen-bond donors (Lipinski definition) is 0. The molecule has 3 aromatic carbocycles. The first kappa shape index (κ1) is 10.1. The molecule has 0 nitrogen and oxygen atoms in total. The molecular formula is C17H14. The van der Waals surface area contributed by atoms with E-state index in [9.17, 15) is 0 Å². The van der Waals surface area contributed by atoms with E-state index in [0.717, 1.165) is 0 Å². The Bertz CT molecular complexity index is 721. The van der Waals surface area contributed by atoms with E-state index in [1.807, 2.05) is 6.08 Å². The maximum atomic E-state index is 3.81. The molecule has 0 saturated carbocycles. The Morgan fingerprint density at radius 1 is 0.765 bits per heavy atom. The van der Waals surface area contributed by atoms with Gasteiger partial charge in [-0.1, -0.05) is 48.6 Å². The van der Waals surface area contributed by atoms with Gasteiger partial charge in [-0.3, -0.25) is 0 Å². The van der Waals surface area contributed by atoms with Crippen molar-refractivity contribution in [1.29, 1.82) is 0 Å². The zero-order chi connectivity index (χ0) is 11.8. The van der Waals surface area contributed by atoms with Crippen LogP contribution in [0.1, 0.15) is 11.1 Å². The number of aryl methyl sites for hydroxylation is 1. The van der Waals surface area contributed by atoms with Gasteiger partial charge >= 0.3 is 0 Å². The topological polar surface area (TPSA) is 0 Å². The highest BCUT2D eigenvalue weighted by atomic mass is 14.0. The third-order valence-electron chi connectivity index (χ3n) is 3.21. The van der Waals surface area contributed by atoms with Gasteiger partial charge in [0.05, 0.1) is 0 Å². The van der Waals surface area contributed by atoms with Crippen molar-refractivity contribution in [3.63, 3.8) is 0 Å². The average molecular weight is 218 g/mol. The SMILES string of the molecule is C=Cc1ccc2cc3cc(C)ccc3cc2c1. The molecule has 0 aliphatic heterocycles. The van der Waals surface area contributed by atoms with E-state index < -0.39 is 0 Å². The van der Waals surface area contributed by atoms with Crippen molar-refractivity contribution in [2.45, 2.75) is 6.92 Å². The van der Waals surface area contributed by atoms with Crippen LogP contribution >= 0.6 is 0 Å². The van der Waals surface area contributed by atoms with Gasteiger partial charge in [-0.25, -0.2) is 0 Å². The number of fused-ring (bicyclic) bond motifs is 2. The minimum absolute atomic E-state index is 1.17. The summed E-state index contributed by atoms with van der Waals surface area (Å²) in [5.41, 5.74) is 2.48. The van der Waals surface area contributed by atoms with E-state index in [1.165, 1.54) is 32.7 Å². The van der Waals surface area contributed by atoms with Gasteiger partial charge in [-0.2, -0.15) is 0 Å². The highest BCUT2D eigenvalue weighted by molar-refractivity contribution is 5.99. The molecule has 0 bridgehead atoms. The Labute approximate surface area is 101 Å². The molecular weight excluding hydrogens is 204 g/mol. The third kappa shape index (κ3) is 1.72. The van der Waals surface area contributed by atoms with Crippen LogP contribution < -0.4 is 0 Å². The molecule has 17 heavy (non-hydrogen) atoms. The molecule has 0 radical (unpaired) electrons. The monoisotopic (exact) mass is 218 g/mol. The smallest absolute Gasteiger partial charge is 0.0172 e. The zero-order valence-electron chi connectivity index (χ0n) is 9.90. The lowest BCUT2D eigenvalue weighted by molar-refractivity contribution is 1.51. The van der Waals surface area contributed by atoms with Gasteiger partial charge < -0.3 is 0 Å². The quantitative estimate of drug-likeness (QED) is 0.507. The molecule has 0 saturated heterocycles. The lowest BCUT2D eigenvalue weighted by Crippen LogP contribution is -1.79. The summed E-state index contributed by atoms with van der Waals surface area (Å²) in [6, 6.07) is 17.5. The Kier molecular flexibility index (Phi) is 2.22. The summed E-state index contributed by atoms with van der Waals surface area (Å²) in [7, 11) is 0. The van der Waals surface area contributed by atoms with Gasteiger partial charge in [0.25, 0.3) is 0 Å². The number of rotatable bonds is 1. The first-order chi connectivity index (χ1) is 8.26. The second-order valence-corrected chi connectivity index (χ2v) is 4.51. The van der Waals surface area contributed by atoms with Crippen LogP contribution in [0.25, 0.3) is 27.6 Å². The fourth-order valence-corrected chi connectivity index (χ4v) is 2.26. The summed E-state index contributed by atoms with van der Waals surface area (Å²) in [4.78, 5) is 0. The Morgan fingerprint density at radius 2 is 1.41 bits per heavy atom. The van der Waals surface area contributed by atoms with Gasteiger partial charge in [0.1, 0.15) is 0 Å². The fraction of sp³-hybridized carbons (Fsp3) is 0.0588. The van der Waals surface area contributed by atoms with Crippen molar-refractivity contribution in [3.8, 4) is 0 Å². The van der Waals surface area contributed by atoms with Gasteiger partial charge in [0, 0.05) is 0 Å². The van der Waals surface area contributed by atoms with E-state index >= 15 is 0 Å². The minimum atomic E-state index is 1.17. The molecule has 0 spiro atoms. The fourth-order valence-electron chi connectivity index (χ4n) is 2.26. The van der Waals surface area contributed by atoms with Crippen LogP contribution in [0.5, 0.6) is 0 Å². The first-order valence-electron chi connectivity index (χ1n) is 5.83. The van der Waals surface area contributed by atoms with Gasteiger partial charge in [0.15, 0.2) is 0 Å². The van der Waals surface area contributed by atoms with Crippen molar-refractivity contribution in [3.05, 3.63) is 66.2 Å². The first-order valence-corrected chi connectivity index (χ1v) is 5.83. The van der Waals surface area contributed by atoms with E-state index in [4.69, 9.17) is 0 Å². The van der Waals surface area contributed by atoms with Crippen molar-refractivity contribution in [2.24, 2.45) is 0 Å². The molecule has 0 amide bonds. The predicted octanol–water partition coefficient (Wildman–Crippen LogP) is 4.94. The maximum absolute atomic E-state index is 3.81. The van der Waals surface area contributed by atoms with Crippen molar-refractivity contribution in [1.82, 2.24) is 0 Å². The summed E-state index contributed by atoms with van der Waals surface area (Å²) in [5, 5.41) is 5.17. The molecule has 0 atom stereocenters. The van der Waals surface area contributed by atoms with E-state index in [1.54, 1.807) is 0 Å². The Hall–Kier alpha value is -2.08. The van der Waals surface area contributed by atoms with Crippen LogP contribution in [0.4, 0.5) is 0 Å². The second-order valence-electron chi connectivity index (χ2n) is 4.51. The van der Waals surface area contributed by atoms with E-state index in [-0.39, 0.29) is 0 Å². The van der Waals surface area contributed by atoms with Crippen molar-refractivity contribution >= 4 is 27.6 Å². The van der Waals surface area contributed by atoms with Crippen LogP contribution in [0.3, 0.4) is 0 Å². The molecule has 82 valence electrons. The summed E-state index contributed by atoms with van der Waals surface area (Å²) in [5.74, 6) is 0. The highest BCUT2D eigenvalue weighted by Gasteiger charge is 1.99. The third-order valence-corrected chi connectivity index (χ3v) is 3.21. The molecule has 3 rings (SSSR count). The number of benzene rings is 3. The van der Waals surface area contributed by atoms with Crippen molar-refractivity contribution < 1.29 is 0 Å². The molecule has 0 aliphatic rings. The normalized spacial score (nSPS) is 10.9. The van der Waals surface area contributed by atoms with Crippen molar-refractivity contribution in [2.75, 3.05) is 0 Å². The molecule has 0 heterocycles. The molecule has 0 aromatic heterocycles. The molecule has 0 N–H and O–H groups in total. The van der Waals surface area contributed by atoms with E-state index in [2.05, 4.69) is 62.0 Å². The lowest BCUT2D eigenvalue weighted by atomic mass is 10.0. The molecule has 3 aromatic rings. The van der Waals surface area contributed by atoms with Gasteiger partial charge in [-0.15, -0.1) is 0 Å². The van der Waals surface area contributed by atoms with Crippen LogP contribution in [0.15, 0.2) is 55.1 Å². The van der Waals surface area contributed by atoms with Crippen LogP contribution in [0, 0.1) is 6.92 Å². The minimum Gasteiger partial charge on any atom is -0.0985 e. The number of hydrogen-bond acceptors (Lipinski definition) is 0. The van der Waals surface area contributed by atoms with Crippen LogP contribution in [0.2, 0.25) is 0 Å². The highest BCUT2D eigenvalue weighted by Crippen LogP contribution is 2.24. The maximum Gasteiger partial charge on any atom is -0.0172 e. The average Bonchev–Trinajstić information content (AvgIpc) is 2.35. The Morgan fingerprint density at radius 3 is 2.12 bits per heavy atom. The van der Waals surface area contributed by atoms with E-state index in [0.29, 0.717) is 0 Å². The summed E-state index contributed by atoms with van der Waals surface area (Å²) >= 11 is 0. The van der Waals surface area contributed by atoms with Gasteiger partial charge in [0.2, 0.25) is 0 Å². The molecule has 0 heteroatoms. The summed E-state index contributed by atoms with van der Waals surface area (Å²) < 4.78 is 0. The van der Waals surface area contributed by atoms with Crippen LogP contribution in [-0.4, -0.2) is 0 Å². The Balaban J connectivity index is 2.39. The summed E-state index contributed by atoms with van der Waals surface area (Å²) in [6.07, 6.45) is 1.89. The predicted molar refractivity (Wildman–Crippen MR) is 76.3 cm³/mol. The second kappa shape index (κ2) is 3.74. The molecule has 0 aliphatic carbocycles. The summed E-state index contributed by atoms with van der Waals surface area (Å²) in [6.45, 7) is 5.94.